The molecule has 1 unspecified atom stereocenters. The summed E-state index contributed by atoms with van der Waals surface area (Å²) in [6.07, 6.45) is -18.6. The Morgan fingerprint density at radius 2 is 0.460 bits per heavy atom. The maximum absolute atomic E-state index is 14.5. The highest BCUT2D eigenvalue weighted by Gasteiger charge is 2.57. The molecule has 0 N–H and O–H groups in total. The SMILES string of the molecule is O=C(OC[C@H]1O[C@@H](OC[C@H]2OC(OC(=O)c3ccccc3)[C@H](OC(=O)c3ccccc3)[C@@H](OC(=O)c3ccccc3)[C@@H]2OC(=O)c2ccccc2)[C@H](OC(=O)c2ccccc2)[C@@H](OC(=O)c2ccccc2)[C@@H]1OC(=O)c1ccccc1)c1ccccc1. The molecule has 0 bridgehead atoms. The van der Waals surface area contributed by atoms with E-state index in [1.807, 2.05) is 0 Å². The fourth-order valence-corrected chi connectivity index (χ4v) is 9.41. The van der Waals surface area contributed by atoms with Crippen LogP contribution in [0.3, 0.4) is 0 Å². The van der Waals surface area contributed by atoms with Crippen LogP contribution >= 0.6 is 0 Å². The average Bonchev–Trinajstić information content (AvgIpc) is 3.15. The second-order valence-corrected chi connectivity index (χ2v) is 19.6. The van der Waals surface area contributed by atoms with Crippen LogP contribution in [0.2, 0.25) is 0 Å². The first-order chi connectivity index (χ1) is 42.5. The van der Waals surface area contributed by atoms with Gasteiger partial charge in [-0.1, -0.05) is 146 Å². The highest BCUT2D eigenvalue weighted by molar-refractivity contribution is 5.94. The summed E-state index contributed by atoms with van der Waals surface area (Å²) in [5.41, 5.74) is 0.258. The maximum atomic E-state index is 14.5. The summed E-state index contributed by atoms with van der Waals surface area (Å²) < 4.78 is 69.1. The van der Waals surface area contributed by atoms with Gasteiger partial charge in [0.05, 0.1) is 51.1 Å². The molecule has 2 aliphatic rings. The van der Waals surface area contributed by atoms with Gasteiger partial charge in [-0.15, -0.1) is 0 Å². The quantitative estimate of drug-likeness (QED) is 0.0510. The third kappa shape index (κ3) is 15.2. The Labute approximate surface area is 498 Å². The van der Waals surface area contributed by atoms with Gasteiger partial charge in [0.15, 0.2) is 36.8 Å². The first-order valence-electron chi connectivity index (χ1n) is 27.4. The summed E-state index contributed by atoms with van der Waals surface area (Å²) >= 11 is 0. The van der Waals surface area contributed by atoms with Crippen LogP contribution in [0.4, 0.5) is 0 Å². The minimum absolute atomic E-state index is 0.00636. The fraction of sp³-hybridized carbons (Fsp3) is 0.176. The lowest BCUT2D eigenvalue weighted by Crippen LogP contribution is -2.65. The van der Waals surface area contributed by atoms with E-state index in [9.17, 15) is 38.4 Å². The van der Waals surface area contributed by atoms with Crippen LogP contribution in [0.15, 0.2) is 243 Å². The number of carbonyl (C=O) groups is 8. The van der Waals surface area contributed by atoms with Crippen LogP contribution in [0.25, 0.3) is 0 Å². The molecule has 2 heterocycles. The van der Waals surface area contributed by atoms with Crippen LogP contribution < -0.4 is 0 Å². The van der Waals surface area contributed by atoms with Gasteiger partial charge in [0.25, 0.3) is 0 Å². The molecular formula is C68H54O19. The summed E-state index contributed by atoms with van der Waals surface area (Å²) in [6.45, 7) is -1.58. The summed E-state index contributed by atoms with van der Waals surface area (Å²) in [7, 11) is 0. The number of ether oxygens (including phenoxy) is 11. The van der Waals surface area contributed by atoms with Crippen LogP contribution in [-0.4, -0.2) is 122 Å². The topological polar surface area (TPSA) is 238 Å². The van der Waals surface area contributed by atoms with E-state index in [1.54, 1.807) is 146 Å². The highest BCUT2D eigenvalue weighted by Crippen LogP contribution is 2.36. The van der Waals surface area contributed by atoms with Crippen molar-refractivity contribution < 1.29 is 90.5 Å². The smallest absolute Gasteiger partial charge is 0.340 e. The molecule has 19 heteroatoms. The van der Waals surface area contributed by atoms with Crippen LogP contribution in [0.5, 0.6) is 0 Å². The molecular weight excluding hydrogens is 1120 g/mol. The molecule has 0 aliphatic carbocycles. The summed E-state index contributed by atoms with van der Waals surface area (Å²) in [5, 5.41) is 0. The molecule has 8 aromatic rings. The van der Waals surface area contributed by atoms with Gasteiger partial charge in [-0.3, -0.25) is 0 Å². The van der Waals surface area contributed by atoms with E-state index in [0.717, 1.165) is 0 Å². The zero-order chi connectivity index (χ0) is 60.5. The monoisotopic (exact) mass is 1170 g/mol. The molecule has 10 rings (SSSR count). The van der Waals surface area contributed by atoms with E-state index < -0.39 is 122 Å². The van der Waals surface area contributed by atoms with E-state index in [4.69, 9.17) is 52.1 Å². The largest absolute Gasteiger partial charge is 0.459 e. The van der Waals surface area contributed by atoms with Crippen LogP contribution in [0.1, 0.15) is 82.9 Å². The van der Waals surface area contributed by atoms with E-state index in [1.165, 1.54) is 97.1 Å². The Bertz CT molecular complexity index is 3620. The molecule has 2 aliphatic heterocycles. The van der Waals surface area contributed by atoms with Gasteiger partial charge in [0.1, 0.15) is 18.8 Å². The molecule has 0 spiro atoms. The van der Waals surface area contributed by atoms with Gasteiger partial charge in [-0.25, -0.2) is 38.4 Å². The van der Waals surface area contributed by atoms with Crippen molar-refractivity contribution in [3.05, 3.63) is 287 Å². The van der Waals surface area contributed by atoms with Crippen molar-refractivity contribution in [2.75, 3.05) is 13.2 Å². The van der Waals surface area contributed by atoms with Crippen molar-refractivity contribution in [3.63, 3.8) is 0 Å². The molecule has 0 aromatic heterocycles. The van der Waals surface area contributed by atoms with E-state index in [-0.39, 0.29) is 44.5 Å². The lowest BCUT2D eigenvalue weighted by Gasteiger charge is -2.46. The van der Waals surface area contributed by atoms with Gasteiger partial charge in [0, 0.05) is 0 Å². The van der Waals surface area contributed by atoms with E-state index in [0.29, 0.717) is 0 Å². The lowest BCUT2D eigenvalue weighted by atomic mass is 9.96. The van der Waals surface area contributed by atoms with Gasteiger partial charge >= 0.3 is 47.8 Å². The van der Waals surface area contributed by atoms with E-state index >= 15 is 0 Å². The third-order valence-electron chi connectivity index (χ3n) is 13.7. The molecule has 19 nitrogen and oxygen atoms in total. The molecule has 0 radical (unpaired) electrons. The fourth-order valence-electron chi connectivity index (χ4n) is 9.41. The third-order valence-corrected chi connectivity index (χ3v) is 13.7. The maximum Gasteiger partial charge on any atom is 0.340 e. The number of hydrogen-bond acceptors (Lipinski definition) is 19. The van der Waals surface area contributed by atoms with Gasteiger partial charge < -0.3 is 52.1 Å². The van der Waals surface area contributed by atoms with Crippen molar-refractivity contribution in [3.8, 4) is 0 Å². The molecule has 440 valence electrons. The predicted molar refractivity (Wildman–Crippen MR) is 306 cm³/mol. The van der Waals surface area contributed by atoms with Crippen molar-refractivity contribution >= 4 is 47.8 Å². The molecule has 8 aromatic carbocycles. The van der Waals surface area contributed by atoms with E-state index in [2.05, 4.69) is 0 Å². The van der Waals surface area contributed by atoms with Crippen molar-refractivity contribution in [2.45, 2.75) is 61.4 Å². The normalized spacial score (nSPS) is 21.3. The number of carbonyl (C=O) groups excluding carboxylic acids is 8. The Balaban J connectivity index is 1.09. The standard InChI is InChI=1S/C68H54O19/c69-59(43-25-9-1-10-26-43)77-41-51-53(81-60(70)44-27-11-2-12-28-44)55(83-62(72)46-31-15-4-16-32-46)57(85-64(74)48-35-19-6-20-36-48)67(79-51)78-42-52-54(82-61(71)45-29-13-3-14-30-45)56(84-63(73)47-33-17-5-18-34-47)58(86-65(75)49-37-21-7-22-38-49)68(80-52)87-66(76)50-39-23-8-24-40-50/h1-40,51-58,67-68H,41-42H2/t51-,52-,53-,54-,55+,56+,57-,58-,67-,68?/m1/s1. The highest BCUT2D eigenvalue weighted by atomic mass is 16.8. The van der Waals surface area contributed by atoms with Gasteiger partial charge in [-0.2, -0.15) is 0 Å². The number of esters is 8. The Morgan fingerprint density at radius 1 is 0.241 bits per heavy atom. The second-order valence-electron chi connectivity index (χ2n) is 19.6. The average molecular weight is 1180 g/mol. The molecule has 2 saturated heterocycles. The zero-order valence-corrected chi connectivity index (χ0v) is 46.0. The predicted octanol–water partition coefficient (Wildman–Crippen LogP) is 9.52. The first kappa shape index (κ1) is 59.6. The van der Waals surface area contributed by atoms with Crippen LogP contribution in [-0.2, 0) is 52.1 Å². The number of rotatable bonds is 20. The molecule has 0 amide bonds. The van der Waals surface area contributed by atoms with Crippen molar-refractivity contribution in [1.29, 1.82) is 0 Å². The second kappa shape index (κ2) is 28.8. The molecule has 0 saturated carbocycles. The molecule has 87 heavy (non-hydrogen) atoms. The summed E-state index contributed by atoms with van der Waals surface area (Å²) in [5.74, 6) is -7.79. The number of hydrogen-bond donors (Lipinski definition) is 0. The molecule has 10 atom stereocenters. The minimum atomic E-state index is -2.01. The number of benzene rings is 8. The van der Waals surface area contributed by atoms with Gasteiger partial charge in [0.2, 0.25) is 12.4 Å². The zero-order valence-electron chi connectivity index (χ0n) is 46.0. The summed E-state index contributed by atoms with van der Waals surface area (Å²) in [4.78, 5) is 114. The Morgan fingerprint density at radius 3 is 0.759 bits per heavy atom. The van der Waals surface area contributed by atoms with Crippen molar-refractivity contribution in [1.82, 2.24) is 0 Å². The Hall–Kier alpha value is -10.6. The van der Waals surface area contributed by atoms with Crippen LogP contribution in [0, 0.1) is 0 Å². The van der Waals surface area contributed by atoms with Crippen molar-refractivity contribution in [2.24, 2.45) is 0 Å². The molecule has 2 fully saturated rings. The first-order valence-corrected chi connectivity index (χ1v) is 27.4. The lowest BCUT2D eigenvalue weighted by molar-refractivity contribution is -0.322. The Kier molecular flexibility index (Phi) is 19.7. The summed E-state index contributed by atoms with van der Waals surface area (Å²) in [6, 6.07) is 61.9. The van der Waals surface area contributed by atoms with Gasteiger partial charge in [-0.05, 0) is 97.1 Å². The minimum Gasteiger partial charge on any atom is -0.459 e.